The molecule has 0 unspecified atom stereocenters. The molecule has 0 saturated carbocycles. The molecule has 0 spiro atoms. The first kappa shape index (κ1) is 22.9. The van der Waals surface area contributed by atoms with Gasteiger partial charge in [-0.2, -0.15) is 0 Å². The molecular formula is C22H25FN2O5. The molecule has 0 bridgehead atoms. The summed E-state index contributed by atoms with van der Waals surface area (Å²) in [4.78, 5) is 36.3. The van der Waals surface area contributed by atoms with Crippen molar-refractivity contribution in [1.29, 1.82) is 0 Å². The molecule has 1 aromatic heterocycles. The smallest absolute Gasteiger partial charge is 0.408 e. The lowest BCUT2D eigenvalue weighted by Gasteiger charge is -2.19. The standard InChI is InChI=1S/C22H25FN2O5/c1-6-25-13-16(20(27)29-7-2)19(26)15-12-17(23)14(11-18(15)25)9-8-10-24-21(28)30-22(3,4)5/h11-13H,6-7,10H2,1-5H3,(H,24,28). The lowest BCUT2D eigenvalue weighted by molar-refractivity contribution is 0.0517. The fourth-order valence-corrected chi connectivity index (χ4v) is 2.69. The van der Waals surface area contributed by atoms with Crippen LogP contribution in [-0.2, 0) is 16.0 Å². The summed E-state index contributed by atoms with van der Waals surface area (Å²) < 4.78 is 26.2. The molecule has 1 N–H and O–H groups in total. The highest BCUT2D eigenvalue weighted by Gasteiger charge is 2.18. The van der Waals surface area contributed by atoms with Gasteiger partial charge < -0.3 is 19.4 Å². The lowest BCUT2D eigenvalue weighted by Crippen LogP contribution is -2.32. The number of fused-ring (bicyclic) bond motifs is 1. The second kappa shape index (κ2) is 9.44. The van der Waals surface area contributed by atoms with Gasteiger partial charge in [-0.05, 0) is 46.8 Å². The zero-order valence-electron chi connectivity index (χ0n) is 17.7. The third-order valence-electron chi connectivity index (χ3n) is 3.95. The Morgan fingerprint density at radius 1 is 1.23 bits per heavy atom. The van der Waals surface area contributed by atoms with Crippen molar-refractivity contribution in [3.05, 3.63) is 45.5 Å². The normalized spacial score (nSPS) is 10.9. The van der Waals surface area contributed by atoms with Gasteiger partial charge in [-0.3, -0.25) is 4.79 Å². The van der Waals surface area contributed by atoms with E-state index in [1.807, 2.05) is 6.92 Å². The molecule has 30 heavy (non-hydrogen) atoms. The molecule has 2 aromatic rings. The quantitative estimate of drug-likeness (QED) is 0.611. The van der Waals surface area contributed by atoms with E-state index in [9.17, 15) is 18.8 Å². The summed E-state index contributed by atoms with van der Waals surface area (Å²) in [6.45, 7) is 9.23. The minimum Gasteiger partial charge on any atom is -0.462 e. The summed E-state index contributed by atoms with van der Waals surface area (Å²) in [6.07, 6.45) is 0.782. The highest BCUT2D eigenvalue weighted by Crippen LogP contribution is 2.18. The van der Waals surface area contributed by atoms with E-state index in [1.165, 1.54) is 12.3 Å². The molecule has 8 heteroatoms. The van der Waals surface area contributed by atoms with Crippen LogP contribution in [0.3, 0.4) is 0 Å². The van der Waals surface area contributed by atoms with Crippen molar-refractivity contribution in [3.63, 3.8) is 0 Å². The van der Waals surface area contributed by atoms with Crippen molar-refractivity contribution < 1.29 is 23.5 Å². The number of carbonyl (C=O) groups excluding carboxylic acids is 2. The van der Waals surface area contributed by atoms with Gasteiger partial charge in [0.05, 0.1) is 24.2 Å². The first-order chi connectivity index (χ1) is 14.1. The lowest BCUT2D eigenvalue weighted by atomic mass is 10.1. The fraction of sp³-hybridized carbons (Fsp3) is 0.409. The molecule has 1 aromatic carbocycles. The number of nitrogens with zero attached hydrogens (tertiary/aromatic N) is 1. The molecule has 0 saturated heterocycles. The van der Waals surface area contributed by atoms with Crippen LogP contribution in [0.15, 0.2) is 23.1 Å². The number of nitrogens with one attached hydrogen (secondary N) is 1. The number of alkyl carbamates (subject to hydrolysis) is 1. The van der Waals surface area contributed by atoms with Crippen molar-refractivity contribution in [1.82, 2.24) is 9.88 Å². The van der Waals surface area contributed by atoms with Gasteiger partial charge in [-0.25, -0.2) is 14.0 Å². The van der Waals surface area contributed by atoms with E-state index in [-0.39, 0.29) is 29.7 Å². The number of benzene rings is 1. The second-order valence-electron chi connectivity index (χ2n) is 7.38. The molecule has 0 aliphatic heterocycles. The Labute approximate surface area is 174 Å². The molecule has 7 nitrogen and oxygen atoms in total. The van der Waals surface area contributed by atoms with Gasteiger partial charge in [0.25, 0.3) is 0 Å². The fourth-order valence-electron chi connectivity index (χ4n) is 2.69. The van der Waals surface area contributed by atoms with Gasteiger partial charge in [0.2, 0.25) is 5.43 Å². The minimum absolute atomic E-state index is 0.0330. The van der Waals surface area contributed by atoms with E-state index in [1.54, 1.807) is 32.3 Å². The topological polar surface area (TPSA) is 86.6 Å². The number of esters is 1. The SMILES string of the molecule is CCOC(=O)c1cn(CC)c2cc(C#CCNC(=O)OC(C)(C)C)c(F)cc2c1=O. The largest absolute Gasteiger partial charge is 0.462 e. The summed E-state index contributed by atoms with van der Waals surface area (Å²) >= 11 is 0. The Bertz CT molecular complexity index is 1090. The average molecular weight is 416 g/mol. The Morgan fingerprint density at radius 3 is 2.53 bits per heavy atom. The number of aromatic nitrogens is 1. The number of aryl methyl sites for hydroxylation is 1. The second-order valence-corrected chi connectivity index (χ2v) is 7.38. The molecular weight excluding hydrogens is 391 g/mol. The van der Waals surface area contributed by atoms with Crippen LogP contribution in [0.25, 0.3) is 10.9 Å². The monoisotopic (exact) mass is 416 g/mol. The summed E-state index contributed by atoms with van der Waals surface area (Å²) in [7, 11) is 0. The van der Waals surface area contributed by atoms with Crippen LogP contribution in [-0.4, -0.2) is 35.4 Å². The predicted molar refractivity (Wildman–Crippen MR) is 111 cm³/mol. The third kappa shape index (κ3) is 5.60. The first-order valence-electron chi connectivity index (χ1n) is 9.57. The molecule has 0 atom stereocenters. The Balaban J connectivity index is 2.36. The molecule has 0 radical (unpaired) electrons. The highest BCUT2D eigenvalue weighted by atomic mass is 19.1. The van der Waals surface area contributed by atoms with Crippen LogP contribution in [0.5, 0.6) is 0 Å². The summed E-state index contributed by atoms with van der Waals surface area (Å²) in [5, 5.41) is 2.53. The number of hydrogen-bond acceptors (Lipinski definition) is 5. The molecule has 1 heterocycles. The van der Waals surface area contributed by atoms with Gasteiger partial charge in [0.1, 0.15) is 17.0 Å². The summed E-state index contributed by atoms with van der Waals surface area (Å²) in [6, 6.07) is 2.52. The maximum atomic E-state index is 14.5. The predicted octanol–water partition coefficient (Wildman–Crippen LogP) is 3.21. The van der Waals surface area contributed by atoms with Gasteiger partial charge in [-0.1, -0.05) is 11.8 Å². The molecule has 0 aliphatic carbocycles. The first-order valence-corrected chi connectivity index (χ1v) is 9.57. The number of hydrogen-bond donors (Lipinski definition) is 1. The van der Waals surface area contributed by atoms with Crippen molar-refractivity contribution in [2.45, 2.75) is 46.8 Å². The van der Waals surface area contributed by atoms with E-state index in [2.05, 4.69) is 17.2 Å². The number of carbonyl (C=O) groups is 2. The van der Waals surface area contributed by atoms with Crippen molar-refractivity contribution >= 4 is 23.0 Å². The van der Waals surface area contributed by atoms with Gasteiger partial charge in [0, 0.05) is 18.1 Å². The summed E-state index contributed by atoms with van der Waals surface area (Å²) in [5.74, 6) is 3.86. The van der Waals surface area contributed by atoms with Crippen LogP contribution in [0.1, 0.15) is 50.5 Å². The van der Waals surface area contributed by atoms with Crippen molar-refractivity contribution in [3.8, 4) is 11.8 Å². The average Bonchev–Trinajstić information content (AvgIpc) is 2.65. The number of amides is 1. The van der Waals surface area contributed by atoms with Crippen molar-refractivity contribution in [2.24, 2.45) is 0 Å². The number of pyridine rings is 1. The maximum absolute atomic E-state index is 14.5. The van der Waals surface area contributed by atoms with Crippen LogP contribution in [0, 0.1) is 17.7 Å². The van der Waals surface area contributed by atoms with E-state index >= 15 is 0 Å². The summed E-state index contributed by atoms with van der Waals surface area (Å²) in [5.41, 5.74) is -0.863. The molecule has 160 valence electrons. The van der Waals surface area contributed by atoms with E-state index in [0.717, 1.165) is 6.07 Å². The number of halogens is 1. The van der Waals surface area contributed by atoms with Gasteiger partial charge >= 0.3 is 12.1 Å². The molecule has 0 aliphatic rings. The Hall–Kier alpha value is -3.34. The van der Waals surface area contributed by atoms with Crippen LogP contribution in [0.2, 0.25) is 0 Å². The highest BCUT2D eigenvalue weighted by molar-refractivity contribution is 5.94. The third-order valence-corrected chi connectivity index (χ3v) is 3.95. The van der Waals surface area contributed by atoms with Crippen LogP contribution < -0.4 is 10.7 Å². The molecule has 2 rings (SSSR count). The zero-order chi connectivity index (χ0) is 22.5. The molecule has 1 amide bonds. The van der Waals surface area contributed by atoms with Crippen molar-refractivity contribution in [2.75, 3.05) is 13.2 Å². The van der Waals surface area contributed by atoms with E-state index < -0.39 is 28.9 Å². The number of ether oxygens (including phenoxy) is 2. The van der Waals surface area contributed by atoms with E-state index in [4.69, 9.17) is 9.47 Å². The number of rotatable bonds is 4. The van der Waals surface area contributed by atoms with E-state index in [0.29, 0.717) is 12.1 Å². The van der Waals surface area contributed by atoms with Crippen LogP contribution >= 0.6 is 0 Å². The molecule has 0 fully saturated rings. The maximum Gasteiger partial charge on any atom is 0.408 e. The zero-order valence-corrected chi connectivity index (χ0v) is 17.7. The Kier molecular flexibility index (Phi) is 7.22. The Morgan fingerprint density at radius 2 is 1.93 bits per heavy atom. The van der Waals surface area contributed by atoms with Gasteiger partial charge in [0.15, 0.2) is 0 Å². The van der Waals surface area contributed by atoms with Gasteiger partial charge in [-0.15, -0.1) is 0 Å². The minimum atomic E-state index is -0.746. The van der Waals surface area contributed by atoms with Crippen LogP contribution in [0.4, 0.5) is 9.18 Å².